The molecule has 0 heterocycles. The van der Waals surface area contributed by atoms with Gasteiger partial charge in [0, 0.05) is 0 Å². The van der Waals surface area contributed by atoms with E-state index in [4.69, 9.17) is 34.8 Å². The first-order valence-electron chi connectivity index (χ1n) is 1.73. The van der Waals surface area contributed by atoms with E-state index in [9.17, 15) is 5.11 Å². The van der Waals surface area contributed by atoms with Crippen LogP contribution < -0.4 is 5.11 Å². The Kier molecular flexibility index (Phi) is 4.35. The zero-order chi connectivity index (χ0) is 7.00. The maximum Gasteiger partial charge on any atom is 0.220 e. The number of alkyl halides is 3. The van der Waals surface area contributed by atoms with E-state index < -0.39 is 9.39 Å². The molecule has 5 heteroatoms. The summed E-state index contributed by atoms with van der Waals surface area (Å²) in [6.07, 6.45) is 0. The zero-order valence-corrected chi connectivity index (χ0v) is 6.72. The van der Waals surface area contributed by atoms with Crippen molar-refractivity contribution in [1.29, 1.82) is 0 Å². The molecule has 0 bridgehead atoms. The molecule has 0 spiro atoms. The van der Waals surface area contributed by atoms with Gasteiger partial charge in [0.25, 0.3) is 0 Å². The second-order valence-electron chi connectivity index (χ2n) is 1.49. The van der Waals surface area contributed by atoms with Crippen LogP contribution in [0.2, 0.25) is 0 Å². The molecule has 2 N–H and O–H groups in total. The average molecular weight is 192 g/mol. The van der Waals surface area contributed by atoms with Gasteiger partial charge in [-0.05, 0) is 6.92 Å². The van der Waals surface area contributed by atoms with E-state index in [0.29, 0.717) is 0 Å². The number of hydrogen-bond donors (Lipinski definition) is 0. The van der Waals surface area contributed by atoms with Crippen LogP contribution in [0.4, 0.5) is 0 Å². The van der Waals surface area contributed by atoms with Crippen molar-refractivity contribution in [3.8, 4) is 0 Å². The molecule has 0 aliphatic rings. The van der Waals surface area contributed by atoms with Crippen LogP contribution in [-0.4, -0.2) is 14.9 Å². The summed E-state index contributed by atoms with van der Waals surface area (Å²) < 4.78 is -1.92. The Hall–Kier alpha value is 0.660. The predicted molar refractivity (Wildman–Crippen MR) is 37.3 cm³/mol. The molecule has 55 valence electrons. The average Bonchev–Trinajstić information content (AvgIpc) is 1.25. The summed E-state index contributed by atoms with van der Waals surface area (Å²) in [6, 6.07) is 0. The van der Waals surface area contributed by atoms with Crippen LogP contribution in [0.25, 0.3) is 0 Å². The number of rotatable bonds is 0. The fourth-order valence-electron chi connectivity index (χ4n) is 0. The summed E-state index contributed by atoms with van der Waals surface area (Å²) >= 11 is 15.3. The van der Waals surface area contributed by atoms with E-state index in [1.807, 2.05) is 0 Å². The maximum absolute atomic E-state index is 10.5. The third-order valence-corrected chi connectivity index (χ3v) is 1.55. The van der Waals surface area contributed by atoms with Gasteiger partial charge in [-0.25, -0.2) is 0 Å². The molecule has 0 aromatic heterocycles. The van der Waals surface area contributed by atoms with Crippen LogP contribution in [-0.2, 0) is 0 Å². The van der Waals surface area contributed by atoms with Crippen LogP contribution in [0.15, 0.2) is 0 Å². The molecular weight excluding hydrogens is 186 g/mol. The molecule has 0 aliphatic carbocycles. The molecule has 9 heavy (non-hydrogen) atoms. The fraction of sp³-hybridized carbons (Fsp3) is 0.500. The lowest BCUT2D eigenvalue weighted by Gasteiger charge is -2.30. The topological polar surface area (TPSA) is 54.6 Å². The minimum Gasteiger partial charge on any atom is -0.810 e. The van der Waals surface area contributed by atoms with Gasteiger partial charge in [-0.15, -0.1) is 0 Å². The molecule has 1 radical (unpaired) electrons. The molecule has 0 amide bonds. The molecule has 0 fully saturated rings. The van der Waals surface area contributed by atoms with Gasteiger partial charge in [0.2, 0.25) is 3.79 Å². The highest BCUT2D eigenvalue weighted by atomic mass is 35.6. The lowest BCUT2D eigenvalue weighted by Crippen LogP contribution is -2.49. The van der Waals surface area contributed by atoms with Gasteiger partial charge >= 0.3 is 0 Å². The highest BCUT2D eigenvalue weighted by Crippen LogP contribution is 2.34. The van der Waals surface area contributed by atoms with E-state index in [1.54, 1.807) is 0 Å². The van der Waals surface area contributed by atoms with E-state index in [1.165, 1.54) is 0 Å². The van der Waals surface area contributed by atoms with Crippen molar-refractivity contribution < 1.29 is 10.6 Å². The Labute approximate surface area is 69.0 Å². The van der Waals surface area contributed by atoms with Crippen LogP contribution >= 0.6 is 34.8 Å². The van der Waals surface area contributed by atoms with E-state index in [0.717, 1.165) is 0 Å². The highest BCUT2D eigenvalue weighted by Gasteiger charge is 2.36. The van der Waals surface area contributed by atoms with E-state index in [-0.39, 0.29) is 5.48 Å². The van der Waals surface area contributed by atoms with Crippen molar-refractivity contribution in [2.45, 2.75) is 9.39 Å². The van der Waals surface area contributed by atoms with Gasteiger partial charge in [0.1, 0.15) is 0 Å². The van der Waals surface area contributed by atoms with Crippen LogP contribution in [0.3, 0.4) is 0 Å². The van der Waals surface area contributed by atoms with Crippen LogP contribution in [0.5, 0.6) is 0 Å². The minimum atomic E-state index is -2.02. The largest absolute Gasteiger partial charge is 0.810 e. The van der Waals surface area contributed by atoms with Crippen molar-refractivity contribution in [3.63, 3.8) is 0 Å². The highest BCUT2D eigenvalue weighted by molar-refractivity contribution is 6.68. The molecule has 0 aliphatic heterocycles. The van der Waals surface area contributed by atoms with Crippen molar-refractivity contribution in [3.05, 3.63) is 13.8 Å². The third-order valence-electron chi connectivity index (χ3n) is 0.517. The normalized spacial score (nSPS) is 17.9. The first-order chi connectivity index (χ1) is 3.25. The Morgan fingerprint density at radius 2 is 1.44 bits per heavy atom. The summed E-state index contributed by atoms with van der Waals surface area (Å²) in [7, 11) is 0. The minimum absolute atomic E-state index is 0. The first-order valence-corrected chi connectivity index (χ1v) is 2.86. The summed E-state index contributed by atoms with van der Waals surface area (Å²) in [5.74, 6) is 0. The van der Waals surface area contributed by atoms with Crippen molar-refractivity contribution in [2.24, 2.45) is 0 Å². The van der Waals surface area contributed by atoms with Gasteiger partial charge in [-0.1, -0.05) is 34.8 Å². The lowest BCUT2D eigenvalue weighted by molar-refractivity contribution is -0.442. The van der Waals surface area contributed by atoms with Gasteiger partial charge in [0.15, 0.2) is 0 Å². The van der Waals surface area contributed by atoms with Crippen molar-refractivity contribution in [1.82, 2.24) is 0 Å². The molecule has 0 aromatic carbocycles. The van der Waals surface area contributed by atoms with Crippen molar-refractivity contribution >= 4 is 34.8 Å². The summed E-state index contributed by atoms with van der Waals surface area (Å²) in [5.41, 5.74) is -2.02. The quantitative estimate of drug-likeness (QED) is 0.402. The predicted octanol–water partition coefficient (Wildman–Crippen LogP) is 0.299. The molecular formula is C4H6Cl3O2. The molecule has 0 saturated heterocycles. The molecule has 0 rings (SSSR count). The third kappa shape index (κ3) is 4.12. The SMILES string of the molecule is O.[CH2]C([CH2+])([O-])C(Cl)(Cl)Cl. The Morgan fingerprint density at radius 1 is 1.33 bits per heavy atom. The van der Waals surface area contributed by atoms with Gasteiger partial charge < -0.3 is 10.6 Å². The second-order valence-corrected chi connectivity index (χ2v) is 3.77. The van der Waals surface area contributed by atoms with Crippen molar-refractivity contribution in [2.75, 3.05) is 0 Å². The molecule has 0 atom stereocenters. The monoisotopic (exact) mass is 191 g/mol. The molecule has 0 unspecified atom stereocenters. The Bertz CT molecular complexity index is 68.8. The van der Waals surface area contributed by atoms with Gasteiger partial charge in [-0.3, -0.25) is 0 Å². The molecule has 2 nitrogen and oxygen atoms in total. The summed E-state index contributed by atoms with van der Waals surface area (Å²) in [5, 5.41) is 10.5. The maximum atomic E-state index is 10.5. The van der Waals surface area contributed by atoms with E-state index >= 15 is 0 Å². The van der Waals surface area contributed by atoms with Crippen LogP contribution in [0.1, 0.15) is 0 Å². The van der Waals surface area contributed by atoms with Gasteiger partial charge in [-0.2, -0.15) is 0 Å². The fourth-order valence-corrected chi connectivity index (χ4v) is 0. The smallest absolute Gasteiger partial charge is 0.220 e. The zero-order valence-electron chi connectivity index (χ0n) is 4.46. The van der Waals surface area contributed by atoms with Gasteiger partial charge in [0.05, 0.1) is 12.5 Å². The summed E-state index contributed by atoms with van der Waals surface area (Å²) in [4.78, 5) is 0. The standard InChI is InChI=1S/C4H4Cl3O.H2O/c1-3(2,8)4(5,6)7;/h1-2H2;1H2. The molecule has 0 aromatic rings. The summed E-state index contributed by atoms with van der Waals surface area (Å²) in [6.45, 7) is 5.96. The number of hydrogen-bond acceptors (Lipinski definition) is 1. The molecule has 0 saturated carbocycles. The first kappa shape index (κ1) is 12.3. The number of halogens is 3. The van der Waals surface area contributed by atoms with E-state index in [2.05, 4.69) is 13.8 Å². The second kappa shape index (κ2) is 3.17. The van der Waals surface area contributed by atoms with Crippen LogP contribution in [0, 0.1) is 13.8 Å². The Morgan fingerprint density at radius 3 is 1.44 bits per heavy atom. The Balaban J connectivity index is 0. The lowest BCUT2D eigenvalue weighted by atomic mass is 10.2.